The molecule has 0 aliphatic rings. The van der Waals surface area contributed by atoms with Crippen molar-refractivity contribution < 1.29 is 14.8 Å². The first-order valence-electron chi connectivity index (χ1n) is 8.04. The van der Waals surface area contributed by atoms with E-state index in [2.05, 4.69) is 5.32 Å². The molecule has 6 nitrogen and oxygen atoms in total. The first-order valence-corrected chi connectivity index (χ1v) is 8.42. The number of hydrogen-bond donors (Lipinski definition) is 2. The van der Waals surface area contributed by atoms with E-state index < -0.39 is 16.9 Å². The van der Waals surface area contributed by atoms with E-state index in [1.54, 1.807) is 42.5 Å². The second kappa shape index (κ2) is 7.99. The SMILES string of the molecule is O=C(Nc1ccc(Cl)cc1C(O)c1ccccc1)c1ccc([N+](=O)[O-])cc1. The van der Waals surface area contributed by atoms with Crippen molar-refractivity contribution in [2.24, 2.45) is 0 Å². The third-order valence-corrected chi connectivity index (χ3v) is 4.25. The molecule has 3 aromatic carbocycles. The summed E-state index contributed by atoms with van der Waals surface area (Å²) in [5, 5.41) is 24.6. The van der Waals surface area contributed by atoms with Gasteiger partial charge in [0.2, 0.25) is 0 Å². The molecule has 0 aliphatic carbocycles. The number of amides is 1. The molecule has 27 heavy (non-hydrogen) atoms. The van der Waals surface area contributed by atoms with Gasteiger partial charge in [0.05, 0.1) is 4.92 Å². The predicted molar refractivity (Wildman–Crippen MR) is 103 cm³/mol. The zero-order valence-corrected chi connectivity index (χ0v) is 14.8. The summed E-state index contributed by atoms with van der Waals surface area (Å²) < 4.78 is 0. The molecule has 0 aliphatic heterocycles. The largest absolute Gasteiger partial charge is 0.384 e. The summed E-state index contributed by atoms with van der Waals surface area (Å²) in [5.41, 5.74) is 1.67. The van der Waals surface area contributed by atoms with Crippen molar-refractivity contribution >= 4 is 28.9 Å². The summed E-state index contributed by atoms with van der Waals surface area (Å²) in [6.07, 6.45) is -0.975. The minimum Gasteiger partial charge on any atom is -0.384 e. The Kier molecular flexibility index (Phi) is 5.49. The average molecular weight is 383 g/mol. The second-order valence-corrected chi connectivity index (χ2v) is 6.24. The molecule has 3 aromatic rings. The van der Waals surface area contributed by atoms with Crippen LogP contribution in [0.3, 0.4) is 0 Å². The lowest BCUT2D eigenvalue weighted by molar-refractivity contribution is -0.384. The molecule has 0 bridgehead atoms. The number of nitro benzene ring substituents is 1. The topological polar surface area (TPSA) is 92.5 Å². The number of hydrogen-bond acceptors (Lipinski definition) is 4. The predicted octanol–water partition coefficient (Wildman–Crippen LogP) is 4.58. The van der Waals surface area contributed by atoms with Crippen molar-refractivity contribution in [2.75, 3.05) is 5.32 Å². The number of carbonyl (C=O) groups is 1. The van der Waals surface area contributed by atoms with Crippen molar-refractivity contribution in [3.63, 3.8) is 0 Å². The highest BCUT2D eigenvalue weighted by Gasteiger charge is 2.18. The Morgan fingerprint density at radius 1 is 1.04 bits per heavy atom. The third-order valence-electron chi connectivity index (χ3n) is 4.01. The molecule has 1 amide bonds. The summed E-state index contributed by atoms with van der Waals surface area (Å²) in [6.45, 7) is 0. The van der Waals surface area contributed by atoms with Crippen LogP contribution in [0.15, 0.2) is 72.8 Å². The van der Waals surface area contributed by atoms with Crippen molar-refractivity contribution in [2.45, 2.75) is 6.10 Å². The molecule has 0 fully saturated rings. The van der Waals surface area contributed by atoms with Crippen molar-refractivity contribution in [3.05, 3.63) is 105 Å². The highest BCUT2D eigenvalue weighted by molar-refractivity contribution is 6.30. The number of nitrogens with zero attached hydrogens (tertiary/aromatic N) is 1. The minimum atomic E-state index is -0.975. The molecule has 0 radical (unpaired) electrons. The van der Waals surface area contributed by atoms with Crippen LogP contribution in [0.4, 0.5) is 11.4 Å². The zero-order chi connectivity index (χ0) is 19.4. The number of benzene rings is 3. The molecule has 0 saturated carbocycles. The number of nitro groups is 1. The fourth-order valence-electron chi connectivity index (χ4n) is 2.62. The summed E-state index contributed by atoms with van der Waals surface area (Å²) in [4.78, 5) is 22.7. The maximum absolute atomic E-state index is 12.5. The summed E-state index contributed by atoms with van der Waals surface area (Å²) in [6, 6.07) is 19.1. The van der Waals surface area contributed by atoms with Gasteiger partial charge in [0.1, 0.15) is 6.10 Å². The van der Waals surface area contributed by atoms with E-state index in [4.69, 9.17) is 11.6 Å². The van der Waals surface area contributed by atoms with Crippen molar-refractivity contribution in [1.82, 2.24) is 0 Å². The number of carbonyl (C=O) groups excluding carboxylic acids is 1. The van der Waals surface area contributed by atoms with Crippen LogP contribution in [-0.2, 0) is 0 Å². The van der Waals surface area contributed by atoms with Crippen LogP contribution in [-0.4, -0.2) is 15.9 Å². The van der Waals surface area contributed by atoms with Gasteiger partial charge in [-0.1, -0.05) is 41.9 Å². The first-order chi connectivity index (χ1) is 13.0. The van der Waals surface area contributed by atoms with Gasteiger partial charge in [-0.3, -0.25) is 14.9 Å². The van der Waals surface area contributed by atoms with E-state index in [-0.39, 0.29) is 11.3 Å². The third kappa shape index (κ3) is 4.31. The lowest BCUT2D eigenvalue weighted by Gasteiger charge is -2.17. The van der Waals surface area contributed by atoms with Gasteiger partial charge in [0.25, 0.3) is 11.6 Å². The maximum Gasteiger partial charge on any atom is 0.269 e. The Morgan fingerprint density at radius 2 is 1.70 bits per heavy atom. The molecular weight excluding hydrogens is 368 g/mol. The minimum absolute atomic E-state index is 0.0989. The molecule has 1 unspecified atom stereocenters. The van der Waals surface area contributed by atoms with E-state index in [1.807, 2.05) is 6.07 Å². The number of aliphatic hydroxyl groups is 1. The van der Waals surface area contributed by atoms with Crippen LogP contribution >= 0.6 is 11.6 Å². The van der Waals surface area contributed by atoms with E-state index >= 15 is 0 Å². The molecule has 0 aromatic heterocycles. The first kappa shape index (κ1) is 18.6. The average Bonchev–Trinajstić information content (AvgIpc) is 2.69. The Labute approximate surface area is 160 Å². The summed E-state index contributed by atoms with van der Waals surface area (Å²) in [7, 11) is 0. The van der Waals surface area contributed by atoms with Gasteiger partial charge in [-0.15, -0.1) is 0 Å². The number of halogens is 1. The van der Waals surface area contributed by atoms with Gasteiger partial charge in [0, 0.05) is 34.0 Å². The zero-order valence-electron chi connectivity index (χ0n) is 14.0. The highest BCUT2D eigenvalue weighted by atomic mass is 35.5. The number of rotatable bonds is 5. The normalized spacial score (nSPS) is 11.6. The molecule has 0 saturated heterocycles. The van der Waals surface area contributed by atoms with Gasteiger partial charge in [0.15, 0.2) is 0 Å². The van der Waals surface area contributed by atoms with Crippen LogP contribution in [0.5, 0.6) is 0 Å². The van der Waals surface area contributed by atoms with Crippen LogP contribution in [0.1, 0.15) is 27.6 Å². The molecule has 7 heteroatoms. The summed E-state index contributed by atoms with van der Waals surface area (Å²) >= 11 is 6.06. The fourth-order valence-corrected chi connectivity index (χ4v) is 2.80. The number of anilines is 1. The highest BCUT2D eigenvalue weighted by Crippen LogP contribution is 2.31. The lowest BCUT2D eigenvalue weighted by Crippen LogP contribution is -2.14. The molecule has 0 heterocycles. The fraction of sp³-hybridized carbons (Fsp3) is 0.0500. The molecule has 1 atom stereocenters. The molecule has 2 N–H and O–H groups in total. The van der Waals surface area contributed by atoms with Crippen LogP contribution in [0.25, 0.3) is 0 Å². The van der Waals surface area contributed by atoms with Gasteiger partial charge < -0.3 is 10.4 Å². The molecule has 3 rings (SSSR count). The van der Waals surface area contributed by atoms with Gasteiger partial charge >= 0.3 is 0 Å². The van der Waals surface area contributed by atoms with E-state index in [1.165, 1.54) is 24.3 Å². The monoisotopic (exact) mass is 382 g/mol. The summed E-state index contributed by atoms with van der Waals surface area (Å²) in [5.74, 6) is -0.450. The number of nitrogens with one attached hydrogen (secondary N) is 1. The Morgan fingerprint density at radius 3 is 2.33 bits per heavy atom. The van der Waals surface area contributed by atoms with E-state index in [9.17, 15) is 20.0 Å². The van der Waals surface area contributed by atoms with E-state index in [0.29, 0.717) is 21.8 Å². The standard InChI is InChI=1S/C20H15ClN2O4/c21-15-8-11-18(17(12-15)19(24)13-4-2-1-3-5-13)22-20(25)14-6-9-16(10-7-14)23(26)27/h1-12,19,24H,(H,22,25). The Hall–Kier alpha value is -3.22. The second-order valence-electron chi connectivity index (χ2n) is 5.80. The lowest BCUT2D eigenvalue weighted by atomic mass is 9.99. The van der Waals surface area contributed by atoms with Crippen molar-refractivity contribution in [3.8, 4) is 0 Å². The quantitative estimate of drug-likeness (QED) is 0.499. The van der Waals surface area contributed by atoms with E-state index in [0.717, 1.165) is 0 Å². The van der Waals surface area contributed by atoms with Gasteiger partial charge in [-0.05, 0) is 35.9 Å². The molecule has 0 spiro atoms. The Balaban J connectivity index is 1.88. The molecular formula is C20H15ClN2O4. The van der Waals surface area contributed by atoms with Gasteiger partial charge in [-0.25, -0.2) is 0 Å². The van der Waals surface area contributed by atoms with Crippen LogP contribution in [0.2, 0.25) is 5.02 Å². The number of aliphatic hydroxyl groups excluding tert-OH is 1. The number of non-ortho nitro benzene ring substituents is 1. The van der Waals surface area contributed by atoms with Gasteiger partial charge in [-0.2, -0.15) is 0 Å². The maximum atomic E-state index is 12.5. The molecule has 136 valence electrons. The van der Waals surface area contributed by atoms with Crippen LogP contribution < -0.4 is 5.32 Å². The smallest absolute Gasteiger partial charge is 0.269 e. The van der Waals surface area contributed by atoms with Crippen molar-refractivity contribution in [1.29, 1.82) is 0 Å². The Bertz CT molecular complexity index is 975. The van der Waals surface area contributed by atoms with Crippen LogP contribution in [0, 0.1) is 10.1 Å².